The van der Waals surface area contributed by atoms with Crippen molar-refractivity contribution in [2.24, 2.45) is 4.99 Å². The Balaban J connectivity index is 0.00000216. The largest absolute Gasteiger partial charge is 0.369 e. The molecule has 1 aliphatic heterocycles. The first-order chi connectivity index (χ1) is 16.1. The smallest absolute Gasteiger partial charge is 0.289 e. The number of nitrogens with zero attached hydrogens (tertiary/aromatic N) is 3. The van der Waals surface area contributed by atoms with Gasteiger partial charge in [0.2, 0.25) is 5.82 Å². The van der Waals surface area contributed by atoms with Crippen LogP contribution < -0.4 is 16.0 Å². The summed E-state index contributed by atoms with van der Waals surface area (Å²) in [5.41, 5.74) is 1.95. The quantitative estimate of drug-likeness (QED) is 0.411. The number of nitrogens with one attached hydrogen (secondary N) is 3. The molecule has 1 aromatic carbocycles. The molecule has 1 aliphatic carbocycles. The van der Waals surface area contributed by atoms with Gasteiger partial charge in [-0.05, 0) is 51.2 Å². The summed E-state index contributed by atoms with van der Waals surface area (Å²) in [6, 6.07) is 6.67. The molecule has 3 N–H and O–H groups in total. The summed E-state index contributed by atoms with van der Waals surface area (Å²) in [6.45, 7) is 5.76. The summed E-state index contributed by atoms with van der Waals surface area (Å²) in [7, 11) is 0. The molecule has 2 heterocycles. The first-order valence-corrected chi connectivity index (χ1v) is 12.8. The molecule has 1 saturated carbocycles. The number of unbranched alkanes of at least 4 members (excludes halogenated alkanes) is 1. The van der Waals surface area contributed by atoms with Crippen molar-refractivity contribution < 1.29 is 4.79 Å². The SMILES string of the molecule is CCCCNC(=O)c1nc(N[C@H]2CCCC[C@H]2NC2=NCCCCC2)c2cc(C)ccc2n1.Cl.Cl. The zero-order valence-electron chi connectivity index (χ0n) is 20.9. The maximum atomic E-state index is 12.7. The first-order valence-electron chi connectivity index (χ1n) is 12.8. The maximum Gasteiger partial charge on any atom is 0.289 e. The zero-order valence-corrected chi connectivity index (χ0v) is 22.6. The van der Waals surface area contributed by atoms with Crippen LogP contribution in [0.25, 0.3) is 10.9 Å². The van der Waals surface area contributed by atoms with E-state index in [4.69, 9.17) is 9.98 Å². The van der Waals surface area contributed by atoms with Crippen LogP contribution in [-0.2, 0) is 0 Å². The topological polar surface area (TPSA) is 91.3 Å². The predicted molar refractivity (Wildman–Crippen MR) is 150 cm³/mol. The lowest BCUT2D eigenvalue weighted by Crippen LogP contribution is -2.48. The predicted octanol–water partition coefficient (Wildman–Crippen LogP) is 5.60. The van der Waals surface area contributed by atoms with Crippen LogP contribution >= 0.6 is 24.8 Å². The van der Waals surface area contributed by atoms with Crippen LogP contribution in [0.5, 0.6) is 0 Å². The lowest BCUT2D eigenvalue weighted by Gasteiger charge is -2.34. The standard InChI is InChI=1S/C26H38N6O.2ClH/c1-3-4-15-28-26(33)25-30-20-14-13-18(2)17-19(20)24(32-25)31-22-11-8-7-10-21(22)29-23-12-6-5-9-16-27-23;;/h13-14,17,21-22H,3-12,15-16H2,1-2H3,(H,27,29)(H,28,33)(H,30,31,32);2*1H/t21-,22+;;/m1../s1. The number of hydrogen-bond donors (Lipinski definition) is 3. The Labute approximate surface area is 221 Å². The minimum absolute atomic E-state index is 0. The second-order valence-corrected chi connectivity index (χ2v) is 9.45. The van der Waals surface area contributed by atoms with E-state index in [1.54, 1.807) is 0 Å². The van der Waals surface area contributed by atoms with Crippen molar-refractivity contribution in [3.8, 4) is 0 Å². The van der Waals surface area contributed by atoms with E-state index in [-0.39, 0.29) is 42.6 Å². The van der Waals surface area contributed by atoms with Gasteiger partial charge in [0.05, 0.1) is 11.4 Å². The van der Waals surface area contributed by atoms with Crippen molar-refractivity contribution in [3.63, 3.8) is 0 Å². The Hall–Kier alpha value is -2.12. The number of hydrogen-bond acceptors (Lipinski definition) is 6. The minimum Gasteiger partial charge on any atom is -0.369 e. The van der Waals surface area contributed by atoms with Gasteiger partial charge in [-0.3, -0.25) is 9.79 Å². The zero-order chi connectivity index (χ0) is 23.0. The summed E-state index contributed by atoms with van der Waals surface area (Å²) >= 11 is 0. The van der Waals surface area contributed by atoms with Crippen LogP contribution in [0.3, 0.4) is 0 Å². The maximum absolute atomic E-state index is 12.7. The third-order valence-electron chi connectivity index (χ3n) is 6.68. The number of aliphatic imine (C=N–C) groups is 1. The van der Waals surface area contributed by atoms with Crippen molar-refractivity contribution in [2.45, 2.75) is 90.1 Å². The highest BCUT2D eigenvalue weighted by Crippen LogP contribution is 2.27. The van der Waals surface area contributed by atoms with Crippen molar-refractivity contribution in [2.75, 3.05) is 18.4 Å². The van der Waals surface area contributed by atoms with E-state index in [2.05, 4.69) is 40.8 Å². The van der Waals surface area contributed by atoms with Gasteiger partial charge in [0.15, 0.2) is 0 Å². The van der Waals surface area contributed by atoms with E-state index in [1.807, 2.05) is 12.1 Å². The number of halogens is 2. The van der Waals surface area contributed by atoms with E-state index in [0.717, 1.165) is 66.8 Å². The summed E-state index contributed by atoms with van der Waals surface area (Å²) in [4.78, 5) is 26.8. The van der Waals surface area contributed by atoms with E-state index < -0.39 is 0 Å². The van der Waals surface area contributed by atoms with Gasteiger partial charge in [0.25, 0.3) is 5.91 Å². The molecule has 1 fully saturated rings. The molecule has 2 aromatic rings. The number of amides is 1. The Bertz CT molecular complexity index is 999. The Morgan fingerprint density at radius 1 is 1.00 bits per heavy atom. The molecular formula is C26H40Cl2N6O. The number of fused-ring (bicyclic) bond motifs is 1. The van der Waals surface area contributed by atoms with Crippen molar-refractivity contribution in [1.82, 2.24) is 20.6 Å². The molecule has 9 heteroatoms. The molecule has 1 amide bonds. The number of anilines is 1. The van der Waals surface area contributed by atoms with Gasteiger partial charge in [-0.2, -0.15) is 0 Å². The van der Waals surface area contributed by atoms with E-state index >= 15 is 0 Å². The Morgan fingerprint density at radius 3 is 2.54 bits per heavy atom. The Morgan fingerprint density at radius 2 is 1.77 bits per heavy atom. The average Bonchev–Trinajstić information content (AvgIpc) is 3.09. The number of carbonyl (C=O) groups excluding carboxylic acids is 1. The van der Waals surface area contributed by atoms with Gasteiger partial charge in [0.1, 0.15) is 5.82 Å². The lowest BCUT2D eigenvalue weighted by atomic mass is 9.90. The number of aryl methyl sites for hydroxylation is 1. The van der Waals surface area contributed by atoms with Crippen LogP contribution in [0.1, 0.15) is 87.3 Å². The molecule has 0 bridgehead atoms. The number of amidine groups is 1. The lowest BCUT2D eigenvalue weighted by molar-refractivity contribution is 0.0943. The highest BCUT2D eigenvalue weighted by molar-refractivity contribution is 5.96. The second kappa shape index (κ2) is 14.4. The molecule has 0 spiro atoms. The van der Waals surface area contributed by atoms with Crippen LogP contribution in [0.4, 0.5) is 5.82 Å². The number of carbonyl (C=O) groups is 1. The fourth-order valence-electron chi connectivity index (χ4n) is 4.77. The van der Waals surface area contributed by atoms with E-state index in [1.165, 1.54) is 32.1 Å². The molecular weight excluding hydrogens is 483 g/mol. The molecule has 35 heavy (non-hydrogen) atoms. The van der Waals surface area contributed by atoms with Gasteiger partial charge in [-0.15, -0.1) is 24.8 Å². The van der Waals surface area contributed by atoms with Crippen molar-refractivity contribution in [1.29, 1.82) is 0 Å². The van der Waals surface area contributed by atoms with Crippen LogP contribution in [0.15, 0.2) is 23.2 Å². The van der Waals surface area contributed by atoms with Crippen LogP contribution in [-0.4, -0.2) is 46.9 Å². The van der Waals surface area contributed by atoms with Crippen LogP contribution in [0, 0.1) is 6.92 Å². The van der Waals surface area contributed by atoms with Gasteiger partial charge in [0, 0.05) is 37.0 Å². The van der Waals surface area contributed by atoms with Gasteiger partial charge < -0.3 is 16.0 Å². The Kier molecular flexibility index (Phi) is 12.0. The third-order valence-corrected chi connectivity index (χ3v) is 6.68. The third kappa shape index (κ3) is 7.94. The van der Waals surface area contributed by atoms with Crippen molar-refractivity contribution in [3.05, 3.63) is 29.6 Å². The summed E-state index contributed by atoms with van der Waals surface area (Å²) in [5.74, 6) is 1.94. The average molecular weight is 524 g/mol. The van der Waals surface area contributed by atoms with Gasteiger partial charge >= 0.3 is 0 Å². The fraction of sp³-hybridized carbons (Fsp3) is 0.615. The second-order valence-electron chi connectivity index (χ2n) is 9.45. The highest BCUT2D eigenvalue weighted by atomic mass is 35.5. The highest BCUT2D eigenvalue weighted by Gasteiger charge is 2.27. The fourth-order valence-corrected chi connectivity index (χ4v) is 4.77. The monoisotopic (exact) mass is 522 g/mol. The molecule has 194 valence electrons. The normalized spacial score (nSPS) is 20.0. The molecule has 0 saturated heterocycles. The van der Waals surface area contributed by atoms with Gasteiger partial charge in [-0.1, -0.05) is 44.2 Å². The van der Waals surface area contributed by atoms with E-state index in [0.29, 0.717) is 12.6 Å². The molecule has 7 nitrogen and oxygen atoms in total. The number of benzene rings is 1. The van der Waals surface area contributed by atoms with E-state index in [9.17, 15) is 4.79 Å². The molecule has 0 unspecified atom stereocenters. The minimum atomic E-state index is -0.208. The molecule has 2 aliphatic rings. The molecule has 2 atom stereocenters. The number of aromatic nitrogens is 2. The summed E-state index contributed by atoms with van der Waals surface area (Å²) in [6.07, 6.45) is 11.3. The van der Waals surface area contributed by atoms with Crippen molar-refractivity contribution >= 4 is 53.3 Å². The van der Waals surface area contributed by atoms with Gasteiger partial charge in [-0.25, -0.2) is 9.97 Å². The van der Waals surface area contributed by atoms with Crippen LogP contribution in [0.2, 0.25) is 0 Å². The molecule has 4 rings (SSSR count). The first kappa shape index (κ1) is 29.1. The molecule has 0 radical (unpaired) electrons. The summed E-state index contributed by atoms with van der Waals surface area (Å²) in [5, 5.41) is 11.4. The molecule has 1 aromatic heterocycles. The summed E-state index contributed by atoms with van der Waals surface area (Å²) < 4.78 is 0. The number of rotatable bonds is 7.